The fraction of sp³-hybridized carbons (Fsp3) is 0.300. The molecule has 2 aromatic rings. The van der Waals surface area contributed by atoms with Crippen LogP contribution in [0.3, 0.4) is 0 Å². The number of carbonyl (C=O) groups is 2. The zero-order valence-corrected chi connectivity index (χ0v) is 15.8. The summed E-state index contributed by atoms with van der Waals surface area (Å²) in [6.07, 6.45) is 0. The summed E-state index contributed by atoms with van der Waals surface area (Å²) < 4.78 is 34.0. The van der Waals surface area contributed by atoms with Crippen LogP contribution in [0.25, 0.3) is 0 Å². The summed E-state index contributed by atoms with van der Waals surface area (Å²) >= 11 is 0. The van der Waals surface area contributed by atoms with Crippen molar-refractivity contribution in [2.45, 2.75) is 33.3 Å². The highest BCUT2D eigenvalue weighted by Gasteiger charge is 2.12. The summed E-state index contributed by atoms with van der Waals surface area (Å²) in [4.78, 5) is 23.9. The van der Waals surface area contributed by atoms with Gasteiger partial charge in [-0.3, -0.25) is 20.4 Å². The lowest BCUT2D eigenvalue weighted by molar-refractivity contribution is -0.123. The lowest BCUT2D eigenvalue weighted by Gasteiger charge is -2.15. The van der Waals surface area contributed by atoms with Gasteiger partial charge in [-0.15, -0.1) is 0 Å². The molecule has 2 amide bonds. The lowest BCUT2D eigenvalue weighted by atomic mass is 10.0. The number of alkyl halides is 2. The van der Waals surface area contributed by atoms with E-state index in [4.69, 9.17) is 4.74 Å². The molecular weight excluding hydrogens is 370 g/mol. The van der Waals surface area contributed by atoms with Crippen LogP contribution in [0.15, 0.2) is 42.5 Å². The van der Waals surface area contributed by atoms with Crippen LogP contribution in [-0.4, -0.2) is 25.0 Å². The SMILES string of the molecule is Cc1ccc(C(C)C)c(OCC(=O)NNC(=O)c2ccc(OC(F)F)cc2)c1. The van der Waals surface area contributed by atoms with Crippen molar-refractivity contribution in [2.75, 3.05) is 6.61 Å². The first-order valence-corrected chi connectivity index (χ1v) is 8.63. The number of amides is 2. The van der Waals surface area contributed by atoms with Crippen LogP contribution < -0.4 is 20.3 Å². The minimum absolute atomic E-state index is 0.0666. The zero-order chi connectivity index (χ0) is 20.7. The van der Waals surface area contributed by atoms with Crippen molar-refractivity contribution < 1.29 is 27.8 Å². The third-order valence-electron chi connectivity index (χ3n) is 3.81. The van der Waals surface area contributed by atoms with E-state index in [2.05, 4.69) is 15.6 Å². The third kappa shape index (κ3) is 6.22. The van der Waals surface area contributed by atoms with E-state index < -0.39 is 18.4 Å². The molecule has 2 rings (SSSR count). The number of halogens is 2. The third-order valence-corrected chi connectivity index (χ3v) is 3.81. The standard InChI is InChI=1S/C20H22F2N2O4/c1-12(2)16-9-4-13(3)10-17(16)27-11-18(25)23-24-19(26)14-5-7-15(8-6-14)28-20(21)22/h4-10,12,20H,11H2,1-3H3,(H,23,25)(H,24,26). The monoisotopic (exact) mass is 392 g/mol. The second-order valence-corrected chi connectivity index (χ2v) is 6.39. The molecule has 0 spiro atoms. The van der Waals surface area contributed by atoms with Crippen LogP contribution in [0, 0.1) is 6.92 Å². The van der Waals surface area contributed by atoms with Crippen LogP contribution in [0.2, 0.25) is 0 Å². The van der Waals surface area contributed by atoms with Crippen molar-refractivity contribution in [3.8, 4) is 11.5 Å². The predicted molar refractivity (Wildman–Crippen MR) is 99.4 cm³/mol. The molecule has 6 nitrogen and oxygen atoms in total. The van der Waals surface area contributed by atoms with Gasteiger partial charge < -0.3 is 9.47 Å². The molecule has 8 heteroatoms. The molecule has 0 fully saturated rings. The van der Waals surface area contributed by atoms with Gasteiger partial charge in [0, 0.05) is 5.56 Å². The highest BCUT2D eigenvalue weighted by Crippen LogP contribution is 2.27. The van der Waals surface area contributed by atoms with Crippen LogP contribution in [0.4, 0.5) is 8.78 Å². The van der Waals surface area contributed by atoms with E-state index in [0.29, 0.717) is 5.75 Å². The second kappa shape index (κ2) is 9.68. The smallest absolute Gasteiger partial charge is 0.387 e. The summed E-state index contributed by atoms with van der Waals surface area (Å²) in [6.45, 7) is 2.76. The van der Waals surface area contributed by atoms with Crippen molar-refractivity contribution >= 4 is 11.8 Å². The summed E-state index contributed by atoms with van der Waals surface area (Å²) in [5.41, 5.74) is 6.64. The minimum atomic E-state index is -2.94. The fourth-order valence-corrected chi connectivity index (χ4v) is 2.41. The number of ether oxygens (including phenoxy) is 2. The van der Waals surface area contributed by atoms with Gasteiger partial charge in [-0.25, -0.2) is 0 Å². The van der Waals surface area contributed by atoms with Crippen LogP contribution in [0.1, 0.15) is 41.3 Å². The molecule has 0 heterocycles. The number of carbonyl (C=O) groups excluding carboxylic acids is 2. The van der Waals surface area contributed by atoms with Crippen molar-refractivity contribution in [3.05, 3.63) is 59.2 Å². The number of rotatable bonds is 7. The van der Waals surface area contributed by atoms with E-state index in [-0.39, 0.29) is 23.8 Å². The quantitative estimate of drug-likeness (QED) is 0.707. The maximum Gasteiger partial charge on any atom is 0.387 e. The normalized spacial score (nSPS) is 10.7. The number of hydrazine groups is 1. The molecule has 0 aliphatic heterocycles. The largest absolute Gasteiger partial charge is 0.483 e. The molecular formula is C20H22F2N2O4. The molecule has 2 N–H and O–H groups in total. The fourth-order valence-electron chi connectivity index (χ4n) is 2.41. The molecule has 150 valence electrons. The van der Waals surface area contributed by atoms with Gasteiger partial charge in [0.25, 0.3) is 11.8 Å². The maximum absolute atomic E-state index is 12.1. The van der Waals surface area contributed by atoms with E-state index in [1.54, 1.807) is 0 Å². The summed E-state index contributed by atoms with van der Waals surface area (Å²) in [5, 5.41) is 0. The Morgan fingerprint density at radius 3 is 2.32 bits per heavy atom. The van der Waals surface area contributed by atoms with Crippen molar-refractivity contribution in [1.82, 2.24) is 10.9 Å². The van der Waals surface area contributed by atoms with E-state index >= 15 is 0 Å². The summed E-state index contributed by atoms with van der Waals surface area (Å²) in [7, 11) is 0. The molecule has 0 aromatic heterocycles. The van der Waals surface area contributed by atoms with Crippen LogP contribution in [0.5, 0.6) is 11.5 Å². The number of hydrogen-bond donors (Lipinski definition) is 2. The van der Waals surface area contributed by atoms with Crippen LogP contribution in [-0.2, 0) is 4.79 Å². The van der Waals surface area contributed by atoms with Gasteiger partial charge in [-0.05, 0) is 54.3 Å². The molecule has 0 atom stereocenters. The first-order valence-electron chi connectivity index (χ1n) is 8.63. The minimum Gasteiger partial charge on any atom is -0.483 e. The van der Waals surface area contributed by atoms with Crippen molar-refractivity contribution in [2.24, 2.45) is 0 Å². The Bertz CT molecular complexity index is 823. The summed E-state index contributed by atoms with van der Waals surface area (Å²) in [5.74, 6) is -0.359. The first-order chi connectivity index (χ1) is 13.3. The molecule has 0 unspecified atom stereocenters. The number of benzene rings is 2. The Labute approximate surface area is 161 Å². The molecule has 2 aromatic carbocycles. The number of aryl methyl sites for hydroxylation is 1. The van der Waals surface area contributed by atoms with Crippen LogP contribution >= 0.6 is 0 Å². The van der Waals surface area contributed by atoms with E-state index in [9.17, 15) is 18.4 Å². The topological polar surface area (TPSA) is 76.7 Å². The highest BCUT2D eigenvalue weighted by molar-refractivity contribution is 5.95. The van der Waals surface area contributed by atoms with Gasteiger partial charge in [-0.1, -0.05) is 26.0 Å². The summed E-state index contributed by atoms with van der Waals surface area (Å²) in [6, 6.07) is 10.9. The average Bonchev–Trinajstić information content (AvgIpc) is 2.64. The molecule has 0 aliphatic carbocycles. The van der Waals surface area contributed by atoms with Gasteiger partial charge in [0.15, 0.2) is 6.61 Å². The van der Waals surface area contributed by atoms with Gasteiger partial charge in [-0.2, -0.15) is 8.78 Å². The molecule has 0 bridgehead atoms. The first kappa shape index (κ1) is 21.1. The zero-order valence-electron chi connectivity index (χ0n) is 15.8. The molecule has 0 saturated carbocycles. The van der Waals surface area contributed by atoms with E-state index in [1.165, 1.54) is 24.3 Å². The molecule has 0 radical (unpaired) electrons. The van der Waals surface area contributed by atoms with E-state index in [1.807, 2.05) is 39.0 Å². The lowest BCUT2D eigenvalue weighted by Crippen LogP contribution is -2.43. The van der Waals surface area contributed by atoms with E-state index in [0.717, 1.165) is 11.1 Å². The van der Waals surface area contributed by atoms with Gasteiger partial charge in [0.2, 0.25) is 0 Å². The average molecular weight is 392 g/mol. The van der Waals surface area contributed by atoms with Gasteiger partial charge in [0.05, 0.1) is 0 Å². The predicted octanol–water partition coefficient (Wildman–Crippen LogP) is 3.56. The second-order valence-electron chi connectivity index (χ2n) is 6.39. The Morgan fingerprint density at radius 1 is 1.04 bits per heavy atom. The Balaban J connectivity index is 1.85. The Morgan fingerprint density at radius 2 is 1.71 bits per heavy atom. The van der Waals surface area contributed by atoms with Crippen molar-refractivity contribution in [3.63, 3.8) is 0 Å². The van der Waals surface area contributed by atoms with Gasteiger partial charge >= 0.3 is 6.61 Å². The molecule has 0 aliphatic rings. The Kier molecular flexibility index (Phi) is 7.31. The number of hydrogen-bond acceptors (Lipinski definition) is 4. The number of nitrogens with one attached hydrogen (secondary N) is 2. The maximum atomic E-state index is 12.1. The van der Waals surface area contributed by atoms with Gasteiger partial charge in [0.1, 0.15) is 11.5 Å². The van der Waals surface area contributed by atoms with Crippen molar-refractivity contribution in [1.29, 1.82) is 0 Å². The highest BCUT2D eigenvalue weighted by atomic mass is 19.3. The molecule has 28 heavy (non-hydrogen) atoms. The molecule has 0 saturated heterocycles. The Hall–Kier alpha value is -3.16.